The van der Waals surface area contributed by atoms with E-state index in [-0.39, 0.29) is 11.9 Å². The number of carbonyl (C=O) groups excluding carboxylic acids is 2. The first-order chi connectivity index (χ1) is 17.0. The molecule has 176 valence electrons. The Kier molecular flexibility index (Phi) is 5.14. The van der Waals surface area contributed by atoms with Crippen LogP contribution in [-0.2, 0) is 0 Å². The normalized spacial score (nSPS) is 17.0. The molecular formula is C25H20ClFN6O2. The first-order valence-corrected chi connectivity index (χ1v) is 11.7. The summed E-state index contributed by atoms with van der Waals surface area (Å²) >= 11 is 6.39. The van der Waals surface area contributed by atoms with Crippen LogP contribution in [0.25, 0.3) is 16.8 Å². The zero-order valence-electron chi connectivity index (χ0n) is 18.5. The SMILES string of the molecule is O=C1NC(c2cc(F)ccc2Cl)c2c(NC(=O)N3CCCC3)cc(-c3ccc4ncnn4c3)cc21. The van der Waals surface area contributed by atoms with E-state index >= 15 is 0 Å². The summed E-state index contributed by atoms with van der Waals surface area (Å²) in [5.74, 6) is -0.793. The molecule has 1 saturated heterocycles. The summed E-state index contributed by atoms with van der Waals surface area (Å²) in [6.07, 6.45) is 5.17. The fourth-order valence-electron chi connectivity index (χ4n) is 4.77. The summed E-state index contributed by atoms with van der Waals surface area (Å²) in [4.78, 5) is 32.1. The summed E-state index contributed by atoms with van der Waals surface area (Å²) in [5.41, 5.74) is 4.05. The van der Waals surface area contributed by atoms with Gasteiger partial charge < -0.3 is 15.5 Å². The molecule has 2 aromatic carbocycles. The number of amides is 3. The van der Waals surface area contributed by atoms with Crippen LogP contribution in [0.5, 0.6) is 0 Å². The van der Waals surface area contributed by atoms with Crippen LogP contribution >= 0.6 is 11.6 Å². The zero-order chi connectivity index (χ0) is 24.1. The summed E-state index contributed by atoms with van der Waals surface area (Å²) in [5, 5.41) is 10.4. The summed E-state index contributed by atoms with van der Waals surface area (Å²) < 4.78 is 15.8. The van der Waals surface area contributed by atoms with Crippen molar-refractivity contribution < 1.29 is 14.0 Å². The molecule has 1 unspecified atom stereocenters. The largest absolute Gasteiger partial charge is 0.341 e. The third kappa shape index (κ3) is 3.77. The molecule has 35 heavy (non-hydrogen) atoms. The minimum Gasteiger partial charge on any atom is -0.341 e. The molecular weight excluding hydrogens is 471 g/mol. The number of hydrogen-bond donors (Lipinski definition) is 2. The maximum Gasteiger partial charge on any atom is 0.321 e. The molecule has 0 saturated carbocycles. The minimum absolute atomic E-state index is 0.239. The van der Waals surface area contributed by atoms with Gasteiger partial charge in [0.05, 0.1) is 6.04 Å². The molecule has 0 aliphatic carbocycles. The van der Waals surface area contributed by atoms with E-state index in [2.05, 4.69) is 20.7 Å². The Morgan fingerprint density at radius 3 is 2.77 bits per heavy atom. The van der Waals surface area contributed by atoms with Crippen molar-refractivity contribution in [2.45, 2.75) is 18.9 Å². The van der Waals surface area contributed by atoms with Crippen LogP contribution in [-0.4, -0.2) is 44.5 Å². The van der Waals surface area contributed by atoms with Gasteiger partial charge in [-0.2, -0.15) is 5.10 Å². The molecule has 1 fully saturated rings. The predicted molar refractivity (Wildman–Crippen MR) is 129 cm³/mol. The number of halogens is 2. The topological polar surface area (TPSA) is 91.6 Å². The minimum atomic E-state index is -0.707. The lowest BCUT2D eigenvalue weighted by atomic mass is 9.93. The van der Waals surface area contributed by atoms with Crippen molar-refractivity contribution in [2.75, 3.05) is 18.4 Å². The highest BCUT2D eigenvalue weighted by Gasteiger charge is 2.35. The van der Waals surface area contributed by atoms with Crippen LogP contribution in [0, 0.1) is 5.82 Å². The lowest BCUT2D eigenvalue weighted by Gasteiger charge is -2.21. The first kappa shape index (κ1) is 21.5. The van der Waals surface area contributed by atoms with E-state index in [1.54, 1.807) is 15.5 Å². The third-order valence-corrected chi connectivity index (χ3v) is 6.84. The van der Waals surface area contributed by atoms with E-state index in [1.807, 2.05) is 24.4 Å². The predicted octanol–water partition coefficient (Wildman–Crippen LogP) is 4.65. The average molecular weight is 491 g/mol. The number of carbonyl (C=O) groups is 2. The van der Waals surface area contributed by atoms with Crippen LogP contribution in [0.1, 0.15) is 40.4 Å². The number of hydrogen-bond acceptors (Lipinski definition) is 4. The lowest BCUT2D eigenvalue weighted by molar-refractivity contribution is 0.0960. The van der Waals surface area contributed by atoms with E-state index in [1.165, 1.54) is 24.5 Å². The molecule has 0 radical (unpaired) electrons. The first-order valence-electron chi connectivity index (χ1n) is 11.3. The van der Waals surface area contributed by atoms with E-state index in [9.17, 15) is 14.0 Å². The van der Waals surface area contributed by atoms with Crippen molar-refractivity contribution in [2.24, 2.45) is 0 Å². The maximum atomic E-state index is 14.1. The Labute approximate surface area is 204 Å². The summed E-state index contributed by atoms with van der Waals surface area (Å²) in [7, 11) is 0. The average Bonchev–Trinajstić information content (AvgIpc) is 3.61. The smallest absolute Gasteiger partial charge is 0.321 e. The Morgan fingerprint density at radius 1 is 1.11 bits per heavy atom. The zero-order valence-corrected chi connectivity index (χ0v) is 19.2. The van der Waals surface area contributed by atoms with Gasteiger partial charge in [0.25, 0.3) is 5.91 Å². The molecule has 1 atom stereocenters. The van der Waals surface area contributed by atoms with Crippen molar-refractivity contribution in [1.29, 1.82) is 0 Å². The highest BCUT2D eigenvalue weighted by atomic mass is 35.5. The molecule has 2 aliphatic rings. The Hall–Kier alpha value is -3.98. The van der Waals surface area contributed by atoms with E-state index in [4.69, 9.17) is 11.6 Å². The van der Waals surface area contributed by atoms with E-state index in [0.717, 1.165) is 24.0 Å². The second-order valence-electron chi connectivity index (χ2n) is 8.66. The molecule has 2 aromatic heterocycles. The van der Waals surface area contributed by atoms with Gasteiger partial charge in [-0.15, -0.1) is 0 Å². The summed E-state index contributed by atoms with van der Waals surface area (Å²) in [6, 6.07) is 10.4. The second kappa shape index (κ2) is 8.35. The molecule has 2 N–H and O–H groups in total. The molecule has 4 aromatic rings. The van der Waals surface area contributed by atoms with Gasteiger partial charge >= 0.3 is 6.03 Å². The van der Waals surface area contributed by atoms with Crippen LogP contribution in [0.2, 0.25) is 5.02 Å². The van der Waals surface area contributed by atoms with Crippen LogP contribution in [0.15, 0.2) is 55.0 Å². The summed E-state index contributed by atoms with van der Waals surface area (Å²) in [6.45, 7) is 1.35. The molecule has 3 amide bonds. The number of nitrogens with zero attached hydrogens (tertiary/aromatic N) is 4. The van der Waals surface area contributed by atoms with Crippen molar-refractivity contribution in [3.05, 3.63) is 82.5 Å². The van der Waals surface area contributed by atoms with Gasteiger partial charge in [-0.05, 0) is 60.9 Å². The standard InChI is InChI=1S/C25H20ClFN6O2/c26-19-5-4-16(27)11-17(19)23-22-18(24(34)31-23)9-15(14-3-6-21-28-13-29-33(21)12-14)10-20(22)30-25(35)32-7-1-2-8-32/h3-6,9-13,23H,1-2,7-8H2,(H,30,35)(H,31,34). The molecule has 0 spiro atoms. The number of urea groups is 1. The quantitative estimate of drug-likeness (QED) is 0.437. The molecule has 10 heteroatoms. The van der Waals surface area contributed by atoms with Crippen LogP contribution in [0.4, 0.5) is 14.9 Å². The number of rotatable bonds is 3. The molecule has 4 heterocycles. The van der Waals surface area contributed by atoms with Gasteiger partial charge in [0.15, 0.2) is 5.65 Å². The Morgan fingerprint density at radius 2 is 1.94 bits per heavy atom. The number of aromatic nitrogens is 3. The van der Waals surface area contributed by atoms with Crippen LogP contribution < -0.4 is 10.6 Å². The molecule has 6 rings (SSSR count). The molecule has 8 nitrogen and oxygen atoms in total. The number of fused-ring (bicyclic) bond motifs is 2. The van der Waals surface area contributed by atoms with E-state index in [0.29, 0.717) is 46.1 Å². The highest BCUT2D eigenvalue weighted by Crippen LogP contribution is 2.41. The van der Waals surface area contributed by atoms with Gasteiger partial charge in [-0.1, -0.05) is 11.6 Å². The van der Waals surface area contributed by atoms with Gasteiger partial charge in [-0.3, -0.25) is 4.79 Å². The number of pyridine rings is 1. The Balaban J connectivity index is 1.50. The van der Waals surface area contributed by atoms with Gasteiger partial charge in [0.1, 0.15) is 12.1 Å². The second-order valence-corrected chi connectivity index (χ2v) is 9.07. The molecule has 2 aliphatic heterocycles. The number of anilines is 1. The fraction of sp³-hybridized carbons (Fsp3) is 0.200. The maximum absolute atomic E-state index is 14.1. The van der Waals surface area contributed by atoms with Crippen molar-refractivity contribution in [3.8, 4) is 11.1 Å². The lowest BCUT2D eigenvalue weighted by Crippen LogP contribution is -2.32. The number of likely N-dealkylation sites (tertiary alicyclic amines) is 1. The monoisotopic (exact) mass is 490 g/mol. The van der Waals surface area contributed by atoms with Crippen molar-refractivity contribution in [3.63, 3.8) is 0 Å². The highest BCUT2D eigenvalue weighted by molar-refractivity contribution is 6.31. The van der Waals surface area contributed by atoms with Crippen molar-refractivity contribution >= 4 is 34.9 Å². The van der Waals surface area contributed by atoms with E-state index < -0.39 is 11.9 Å². The number of nitrogens with one attached hydrogen (secondary N) is 2. The Bertz CT molecular complexity index is 1500. The van der Waals surface area contributed by atoms with Gasteiger partial charge in [-0.25, -0.2) is 18.7 Å². The van der Waals surface area contributed by atoms with Crippen LogP contribution in [0.3, 0.4) is 0 Å². The fourth-order valence-corrected chi connectivity index (χ4v) is 5.00. The molecule has 0 bridgehead atoms. The third-order valence-electron chi connectivity index (χ3n) is 6.50. The number of benzene rings is 2. The van der Waals surface area contributed by atoms with Gasteiger partial charge in [0, 0.05) is 52.3 Å². The van der Waals surface area contributed by atoms with Gasteiger partial charge in [0.2, 0.25) is 0 Å². The van der Waals surface area contributed by atoms with Crippen molar-refractivity contribution in [1.82, 2.24) is 24.8 Å².